The zero-order valence-electron chi connectivity index (χ0n) is 15.9. The normalized spacial score (nSPS) is 20.6. The molecular weight excluding hydrogens is 479 g/mol. The molecule has 0 spiro atoms. The fourth-order valence-corrected chi connectivity index (χ4v) is 4.24. The molecule has 0 radical (unpaired) electrons. The van der Waals surface area contributed by atoms with Crippen molar-refractivity contribution in [1.29, 1.82) is 0 Å². The molecule has 152 valence electrons. The van der Waals surface area contributed by atoms with Crippen LogP contribution in [0.3, 0.4) is 0 Å². The Kier molecular flexibility index (Phi) is 8.91. The minimum atomic E-state index is 0. The maximum absolute atomic E-state index is 6.17. The predicted molar refractivity (Wildman–Crippen MR) is 122 cm³/mol. The standard InChI is InChI=1S/C19H29ClN4O2.HI/c1-25-17-6-5-15(13-16(17)20)23-18(21)22-14-19(7-3-2-4-8-19)24-9-11-26-12-10-24;/h5-6,13H,2-4,7-12,14H2,1H3,(H3,21,22,23);1H. The molecule has 1 aromatic carbocycles. The number of nitrogens with one attached hydrogen (secondary N) is 1. The average molecular weight is 509 g/mol. The van der Waals surface area contributed by atoms with Gasteiger partial charge in [-0.3, -0.25) is 9.89 Å². The summed E-state index contributed by atoms with van der Waals surface area (Å²) in [5.41, 5.74) is 7.08. The Morgan fingerprint density at radius 1 is 1.30 bits per heavy atom. The van der Waals surface area contributed by atoms with Crippen molar-refractivity contribution in [2.75, 3.05) is 45.3 Å². The summed E-state index contributed by atoms with van der Waals surface area (Å²) in [6.07, 6.45) is 6.19. The second-order valence-corrected chi connectivity index (χ2v) is 7.47. The summed E-state index contributed by atoms with van der Waals surface area (Å²) in [6, 6.07) is 5.49. The van der Waals surface area contributed by atoms with Crippen LogP contribution in [-0.2, 0) is 4.74 Å². The van der Waals surface area contributed by atoms with Crippen molar-refractivity contribution in [3.05, 3.63) is 23.2 Å². The molecule has 1 aromatic rings. The molecule has 0 amide bonds. The highest BCUT2D eigenvalue weighted by molar-refractivity contribution is 14.0. The third-order valence-corrected chi connectivity index (χ3v) is 5.73. The van der Waals surface area contributed by atoms with E-state index in [0.717, 1.165) is 38.5 Å². The van der Waals surface area contributed by atoms with Crippen molar-refractivity contribution in [2.45, 2.75) is 37.6 Å². The Hall–Kier alpha value is -0.770. The molecule has 27 heavy (non-hydrogen) atoms. The average Bonchev–Trinajstić information content (AvgIpc) is 2.68. The van der Waals surface area contributed by atoms with E-state index >= 15 is 0 Å². The van der Waals surface area contributed by atoms with Crippen LogP contribution in [0.4, 0.5) is 5.69 Å². The number of morpholine rings is 1. The van der Waals surface area contributed by atoms with Gasteiger partial charge in [-0.2, -0.15) is 0 Å². The van der Waals surface area contributed by atoms with Crippen molar-refractivity contribution in [3.63, 3.8) is 0 Å². The molecule has 6 nitrogen and oxygen atoms in total. The molecular formula is C19H30ClIN4O2. The largest absolute Gasteiger partial charge is 0.495 e. The van der Waals surface area contributed by atoms with E-state index in [0.29, 0.717) is 16.7 Å². The molecule has 1 aliphatic heterocycles. The number of guanidine groups is 1. The van der Waals surface area contributed by atoms with Gasteiger partial charge in [0.15, 0.2) is 5.96 Å². The Labute approximate surface area is 183 Å². The number of hydrogen-bond donors (Lipinski definition) is 2. The summed E-state index contributed by atoms with van der Waals surface area (Å²) in [6.45, 7) is 4.30. The Balaban J connectivity index is 0.00000261. The maximum atomic E-state index is 6.17. The van der Waals surface area contributed by atoms with Crippen LogP contribution in [0.2, 0.25) is 5.02 Å². The molecule has 0 bridgehead atoms. The zero-order chi connectivity index (χ0) is 18.4. The molecule has 8 heteroatoms. The zero-order valence-corrected chi connectivity index (χ0v) is 19.0. The number of aliphatic imine (C=N–C) groups is 1. The third-order valence-electron chi connectivity index (χ3n) is 5.43. The van der Waals surface area contributed by atoms with E-state index in [2.05, 4.69) is 15.2 Å². The van der Waals surface area contributed by atoms with Gasteiger partial charge in [-0.1, -0.05) is 30.9 Å². The smallest absolute Gasteiger partial charge is 0.193 e. The highest BCUT2D eigenvalue weighted by Gasteiger charge is 2.38. The lowest BCUT2D eigenvalue weighted by Gasteiger charge is -2.47. The summed E-state index contributed by atoms with van der Waals surface area (Å²) in [5, 5.41) is 3.68. The van der Waals surface area contributed by atoms with E-state index in [-0.39, 0.29) is 29.5 Å². The van der Waals surface area contributed by atoms with Crippen molar-refractivity contribution in [3.8, 4) is 5.75 Å². The van der Waals surface area contributed by atoms with E-state index in [1.165, 1.54) is 32.1 Å². The minimum absolute atomic E-state index is 0. The predicted octanol–water partition coefficient (Wildman–Crippen LogP) is 3.73. The topological polar surface area (TPSA) is 72.1 Å². The number of hydrogen-bond acceptors (Lipinski definition) is 4. The molecule has 2 aliphatic rings. The number of halogens is 2. The van der Waals surface area contributed by atoms with Crippen molar-refractivity contribution in [1.82, 2.24) is 4.90 Å². The second-order valence-electron chi connectivity index (χ2n) is 7.06. The lowest BCUT2D eigenvalue weighted by Crippen LogP contribution is -2.56. The van der Waals surface area contributed by atoms with Gasteiger partial charge in [-0.25, -0.2) is 0 Å². The quantitative estimate of drug-likeness (QED) is 0.360. The van der Waals surface area contributed by atoms with Crippen LogP contribution in [0.1, 0.15) is 32.1 Å². The molecule has 0 unspecified atom stereocenters. The van der Waals surface area contributed by atoms with Gasteiger partial charge in [-0.05, 0) is 31.0 Å². The van der Waals surface area contributed by atoms with E-state index in [9.17, 15) is 0 Å². The van der Waals surface area contributed by atoms with Crippen LogP contribution < -0.4 is 15.8 Å². The lowest BCUT2D eigenvalue weighted by atomic mass is 9.80. The summed E-state index contributed by atoms with van der Waals surface area (Å²) < 4.78 is 10.7. The molecule has 3 N–H and O–H groups in total. The molecule has 0 atom stereocenters. The molecule has 0 aromatic heterocycles. The highest BCUT2D eigenvalue weighted by atomic mass is 127. The third kappa shape index (κ3) is 5.85. The number of nitrogens with two attached hydrogens (primary N) is 1. The first-order chi connectivity index (χ1) is 12.6. The van der Waals surface area contributed by atoms with Crippen LogP contribution in [0.5, 0.6) is 5.75 Å². The van der Waals surface area contributed by atoms with Gasteiger partial charge in [-0.15, -0.1) is 24.0 Å². The van der Waals surface area contributed by atoms with E-state index < -0.39 is 0 Å². The molecule has 1 saturated heterocycles. The Bertz CT molecular complexity index is 632. The number of nitrogens with zero attached hydrogens (tertiary/aromatic N) is 2. The minimum Gasteiger partial charge on any atom is -0.495 e. The van der Waals surface area contributed by atoms with Crippen LogP contribution in [0.15, 0.2) is 23.2 Å². The lowest BCUT2D eigenvalue weighted by molar-refractivity contribution is -0.0333. The summed E-state index contributed by atoms with van der Waals surface area (Å²) >= 11 is 6.17. The van der Waals surface area contributed by atoms with Crippen LogP contribution >= 0.6 is 35.6 Å². The van der Waals surface area contributed by atoms with Gasteiger partial charge in [0.05, 0.1) is 31.9 Å². The summed E-state index contributed by atoms with van der Waals surface area (Å²) in [4.78, 5) is 7.26. The number of ether oxygens (including phenoxy) is 2. The van der Waals surface area contributed by atoms with Gasteiger partial charge >= 0.3 is 0 Å². The summed E-state index contributed by atoms with van der Waals surface area (Å²) in [5.74, 6) is 1.06. The van der Waals surface area contributed by atoms with Gasteiger partial charge in [0.25, 0.3) is 0 Å². The Morgan fingerprint density at radius 3 is 2.63 bits per heavy atom. The van der Waals surface area contributed by atoms with Crippen LogP contribution in [0, 0.1) is 0 Å². The van der Waals surface area contributed by atoms with E-state index in [4.69, 9.17) is 26.8 Å². The van der Waals surface area contributed by atoms with E-state index in [1.807, 2.05) is 12.1 Å². The molecule has 1 saturated carbocycles. The second kappa shape index (κ2) is 10.7. The first-order valence-electron chi connectivity index (χ1n) is 9.36. The van der Waals surface area contributed by atoms with Crippen molar-refractivity contribution < 1.29 is 9.47 Å². The van der Waals surface area contributed by atoms with Crippen molar-refractivity contribution >= 4 is 47.2 Å². The number of anilines is 1. The molecule has 1 aliphatic carbocycles. The number of rotatable bonds is 5. The van der Waals surface area contributed by atoms with Gasteiger partial charge in [0, 0.05) is 24.3 Å². The highest BCUT2D eigenvalue weighted by Crippen LogP contribution is 2.34. The van der Waals surface area contributed by atoms with Gasteiger partial charge < -0.3 is 20.5 Å². The Morgan fingerprint density at radius 2 is 2.00 bits per heavy atom. The molecule has 2 fully saturated rings. The fourth-order valence-electron chi connectivity index (χ4n) is 3.99. The number of methoxy groups -OCH3 is 1. The van der Waals surface area contributed by atoms with Crippen LogP contribution in [0.25, 0.3) is 0 Å². The first kappa shape index (κ1) is 22.5. The molecule has 3 rings (SSSR count). The maximum Gasteiger partial charge on any atom is 0.193 e. The van der Waals surface area contributed by atoms with Gasteiger partial charge in [0.1, 0.15) is 5.75 Å². The van der Waals surface area contributed by atoms with Gasteiger partial charge in [0.2, 0.25) is 0 Å². The molecule has 1 heterocycles. The first-order valence-corrected chi connectivity index (χ1v) is 9.74. The number of benzene rings is 1. The monoisotopic (exact) mass is 508 g/mol. The fraction of sp³-hybridized carbons (Fsp3) is 0.632. The van der Waals surface area contributed by atoms with Crippen LogP contribution in [-0.4, -0.2) is 56.4 Å². The van der Waals surface area contributed by atoms with E-state index in [1.54, 1.807) is 13.2 Å². The summed E-state index contributed by atoms with van der Waals surface area (Å²) in [7, 11) is 1.60. The SMILES string of the molecule is COc1ccc(NC(N)=NCC2(N3CCOCC3)CCCCC2)cc1Cl.I. The van der Waals surface area contributed by atoms with Crippen molar-refractivity contribution in [2.24, 2.45) is 10.7 Å².